The lowest BCUT2D eigenvalue weighted by Gasteiger charge is -2.21. The quantitative estimate of drug-likeness (QED) is 0.364. The van der Waals surface area contributed by atoms with Gasteiger partial charge in [0.2, 0.25) is 0 Å². The summed E-state index contributed by atoms with van der Waals surface area (Å²) in [6.45, 7) is 1.01. The van der Waals surface area contributed by atoms with Crippen LogP contribution in [-0.4, -0.2) is 39.8 Å². The van der Waals surface area contributed by atoms with Crippen LogP contribution in [0.25, 0.3) is 11.1 Å². The smallest absolute Gasteiger partial charge is 0.435 e. The van der Waals surface area contributed by atoms with Crippen LogP contribution >= 0.6 is 23.2 Å². The maximum absolute atomic E-state index is 13.8. The van der Waals surface area contributed by atoms with E-state index < -0.39 is 17.8 Å². The van der Waals surface area contributed by atoms with E-state index in [1.165, 1.54) is 19.3 Å². The SMILES string of the molecule is Cn1cc(-c2cc(CN3CCOC3=N)cc(C(=O)N[C@H](c3ccc(Cl)c(Cl)c3)C3CC3)c2)c(C(F)(F)F)n1. The fourth-order valence-corrected chi connectivity index (χ4v) is 4.94. The van der Waals surface area contributed by atoms with Crippen molar-refractivity contribution in [2.45, 2.75) is 31.6 Å². The number of ether oxygens (including phenoxy) is 1. The van der Waals surface area contributed by atoms with E-state index in [0.717, 1.165) is 23.1 Å². The second kappa shape index (κ2) is 10.1. The molecule has 0 unspecified atom stereocenters. The van der Waals surface area contributed by atoms with Gasteiger partial charge in [-0.05, 0) is 65.8 Å². The summed E-state index contributed by atoms with van der Waals surface area (Å²) in [6.07, 6.45) is -1.53. The molecule has 1 saturated carbocycles. The van der Waals surface area contributed by atoms with Crippen LogP contribution in [0.2, 0.25) is 10.0 Å². The summed E-state index contributed by atoms with van der Waals surface area (Å²) in [5.41, 5.74) is 0.613. The fourth-order valence-electron chi connectivity index (χ4n) is 4.63. The van der Waals surface area contributed by atoms with Crippen molar-refractivity contribution in [3.05, 3.63) is 75.0 Å². The molecular weight excluding hydrogens is 542 g/mol. The Morgan fingerprint density at radius 3 is 2.61 bits per heavy atom. The van der Waals surface area contributed by atoms with Crippen molar-refractivity contribution < 1.29 is 22.7 Å². The van der Waals surface area contributed by atoms with Gasteiger partial charge >= 0.3 is 6.18 Å². The Bertz CT molecular complexity index is 1400. The normalized spacial score (nSPS) is 16.5. The van der Waals surface area contributed by atoms with Crippen molar-refractivity contribution in [3.8, 4) is 11.1 Å². The van der Waals surface area contributed by atoms with Crippen molar-refractivity contribution in [3.63, 3.8) is 0 Å². The summed E-state index contributed by atoms with van der Waals surface area (Å²) in [6, 6.07) is 9.52. The molecule has 0 radical (unpaired) electrons. The maximum atomic E-state index is 13.8. The van der Waals surface area contributed by atoms with E-state index in [-0.39, 0.29) is 41.2 Å². The van der Waals surface area contributed by atoms with Gasteiger partial charge in [0, 0.05) is 30.9 Å². The van der Waals surface area contributed by atoms with Crippen LogP contribution in [-0.2, 0) is 24.5 Å². The molecular formula is C26H24Cl2F3N5O2. The number of halogens is 5. The van der Waals surface area contributed by atoms with Gasteiger partial charge in [-0.15, -0.1) is 0 Å². The third-order valence-electron chi connectivity index (χ3n) is 6.61. The number of benzene rings is 2. The number of nitrogens with zero attached hydrogens (tertiary/aromatic N) is 3. The molecule has 2 heterocycles. The molecule has 12 heteroatoms. The van der Waals surface area contributed by atoms with E-state index in [1.807, 2.05) is 6.07 Å². The molecule has 2 aliphatic rings. The molecule has 2 fully saturated rings. The molecule has 0 spiro atoms. The van der Waals surface area contributed by atoms with Crippen LogP contribution in [0.4, 0.5) is 13.2 Å². The first-order valence-corrected chi connectivity index (χ1v) is 12.7. The Balaban J connectivity index is 1.52. The number of carbonyl (C=O) groups excluding carboxylic acids is 1. The van der Waals surface area contributed by atoms with Gasteiger partial charge in [-0.1, -0.05) is 29.3 Å². The second-order valence-electron chi connectivity index (χ2n) is 9.52. The van der Waals surface area contributed by atoms with Gasteiger partial charge in [-0.2, -0.15) is 18.3 Å². The lowest BCUT2D eigenvalue weighted by molar-refractivity contribution is -0.140. The highest BCUT2D eigenvalue weighted by Crippen LogP contribution is 2.42. The monoisotopic (exact) mass is 565 g/mol. The largest absolute Gasteiger partial charge is 0.463 e. The Kier molecular flexibility index (Phi) is 7.04. The number of alkyl halides is 3. The summed E-state index contributed by atoms with van der Waals surface area (Å²) in [5, 5.41) is 15.4. The highest BCUT2D eigenvalue weighted by molar-refractivity contribution is 6.42. The number of aromatic nitrogens is 2. The maximum Gasteiger partial charge on any atom is 0.435 e. The average Bonchev–Trinajstić information content (AvgIpc) is 3.50. The highest BCUT2D eigenvalue weighted by atomic mass is 35.5. The molecule has 1 aliphatic carbocycles. The molecule has 7 nitrogen and oxygen atoms in total. The summed E-state index contributed by atoms with van der Waals surface area (Å²) >= 11 is 12.3. The van der Waals surface area contributed by atoms with Gasteiger partial charge in [0.25, 0.3) is 11.9 Å². The molecule has 1 saturated heterocycles. The van der Waals surface area contributed by atoms with E-state index in [2.05, 4.69) is 10.4 Å². The zero-order valence-corrected chi connectivity index (χ0v) is 21.8. The Morgan fingerprint density at radius 2 is 1.97 bits per heavy atom. The minimum atomic E-state index is -4.68. The van der Waals surface area contributed by atoms with Crippen LogP contribution < -0.4 is 5.32 Å². The molecule has 38 heavy (non-hydrogen) atoms. The van der Waals surface area contributed by atoms with Gasteiger partial charge in [0.1, 0.15) is 6.61 Å². The first-order chi connectivity index (χ1) is 18.0. The minimum Gasteiger partial charge on any atom is -0.463 e. The van der Waals surface area contributed by atoms with Crippen LogP contribution in [0.5, 0.6) is 0 Å². The number of hydrogen-bond donors (Lipinski definition) is 2. The molecule has 1 aliphatic heterocycles. The predicted octanol–water partition coefficient (Wildman–Crippen LogP) is 6.06. The molecule has 3 aromatic rings. The van der Waals surface area contributed by atoms with Crippen LogP contribution in [0, 0.1) is 11.3 Å². The van der Waals surface area contributed by atoms with Gasteiger partial charge in [-0.25, -0.2) is 0 Å². The third kappa shape index (κ3) is 5.61. The molecule has 200 valence electrons. The lowest BCUT2D eigenvalue weighted by atomic mass is 9.98. The Hall–Kier alpha value is -3.24. The Morgan fingerprint density at radius 1 is 1.21 bits per heavy atom. The van der Waals surface area contributed by atoms with Crippen LogP contribution in [0.1, 0.15) is 46.1 Å². The summed E-state index contributed by atoms with van der Waals surface area (Å²) in [5.74, 6) is -0.211. The zero-order chi connectivity index (χ0) is 27.2. The number of hydrogen-bond acceptors (Lipinski definition) is 4. The van der Waals surface area contributed by atoms with Crippen LogP contribution in [0.15, 0.2) is 42.6 Å². The fraction of sp³-hybridized carbons (Fsp3) is 0.346. The number of amidine groups is 1. The summed E-state index contributed by atoms with van der Waals surface area (Å²) < 4.78 is 47.6. The van der Waals surface area contributed by atoms with Gasteiger partial charge in [0.05, 0.1) is 22.6 Å². The lowest BCUT2D eigenvalue weighted by Crippen LogP contribution is -2.30. The number of aryl methyl sites for hydroxylation is 1. The van der Waals surface area contributed by atoms with Crippen molar-refractivity contribution in [2.75, 3.05) is 13.2 Å². The first-order valence-electron chi connectivity index (χ1n) is 12.0. The van der Waals surface area contributed by atoms with Crippen molar-refractivity contribution in [2.24, 2.45) is 13.0 Å². The van der Waals surface area contributed by atoms with E-state index >= 15 is 0 Å². The molecule has 2 N–H and O–H groups in total. The number of rotatable bonds is 7. The molecule has 2 aromatic carbocycles. The van der Waals surface area contributed by atoms with E-state index in [4.69, 9.17) is 33.3 Å². The minimum absolute atomic E-state index is 0.0211. The van der Waals surface area contributed by atoms with Crippen molar-refractivity contribution in [1.82, 2.24) is 20.0 Å². The standard InChI is InChI=1S/C26H24Cl2F3N5O2/c1-35-13-19(23(34-35)26(29,30)31)17-8-14(12-36-6-7-38-25(36)32)9-18(10-17)24(37)33-22(15-2-3-15)16-4-5-20(27)21(28)11-16/h4-5,8-11,13,15,22,32H,2-3,6-7,12H2,1H3,(H,33,37)/t22-/m0/s1. The highest BCUT2D eigenvalue weighted by Gasteiger charge is 2.38. The van der Waals surface area contributed by atoms with Crippen LogP contribution in [0.3, 0.4) is 0 Å². The summed E-state index contributed by atoms with van der Waals surface area (Å²) in [4.78, 5) is 15.2. The van der Waals surface area contributed by atoms with E-state index in [0.29, 0.717) is 28.8 Å². The molecule has 1 amide bonds. The van der Waals surface area contributed by atoms with E-state index in [9.17, 15) is 18.0 Å². The number of amides is 1. The first kappa shape index (κ1) is 26.4. The Labute approximate surface area is 227 Å². The zero-order valence-electron chi connectivity index (χ0n) is 20.3. The number of carbonyl (C=O) groups is 1. The molecule has 5 rings (SSSR count). The molecule has 1 aromatic heterocycles. The summed E-state index contributed by atoms with van der Waals surface area (Å²) in [7, 11) is 1.41. The average molecular weight is 566 g/mol. The van der Waals surface area contributed by atoms with Crippen molar-refractivity contribution >= 4 is 35.1 Å². The number of nitrogens with one attached hydrogen (secondary N) is 2. The molecule has 0 bridgehead atoms. The predicted molar refractivity (Wildman–Crippen MR) is 137 cm³/mol. The topological polar surface area (TPSA) is 83.2 Å². The van der Waals surface area contributed by atoms with E-state index in [1.54, 1.807) is 29.2 Å². The van der Waals surface area contributed by atoms with Crippen molar-refractivity contribution in [1.29, 1.82) is 5.41 Å². The van der Waals surface area contributed by atoms with Gasteiger partial charge in [0.15, 0.2) is 5.69 Å². The second-order valence-corrected chi connectivity index (χ2v) is 10.3. The van der Waals surface area contributed by atoms with Gasteiger partial charge < -0.3 is 15.0 Å². The molecule has 1 atom stereocenters. The third-order valence-corrected chi connectivity index (χ3v) is 7.35. The van der Waals surface area contributed by atoms with Gasteiger partial charge in [-0.3, -0.25) is 14.9 Å².